The smallest absolute Gasteiger partial charge is 0.315 e. The fourth-order valence-corrected chi connectivity index (χ4v) is 4.12. The van der Waals surface area contributed by atoms with E-state index in [2.05, 4.69) is 12.2 Å². The Hall–Kier alpha value is -1.10. The summed E-state index contributed by atoms with van der Waals surface area (Å²) < 4.78 is 5.19. The third-order valence-electron chi connectivity index (χ3n) is 4.85. The first kappa shape index (κ1) is 14.8. The highest BCUT2D eigenvalue weighted by Crippen LogP contribution is 2.48. The topological polar surface area (TPSA) is 51.2 Å². The van der Waals surface area contributed by atoms with Crippen molar-refractivity contribution in [2.24, 2.45) is 5.41 Å². The first-order chi connectivity index (χ1) is 10.2. The molecule has 1 unspecified atom stereocenters. The number of nitrogens with one attached hydrogen (secondary N) is 1. The van der Waals surface area contributed by atoms with Crippen LogP contribution in [0.15, 0.2) is 0 Å². The van der Waals surface area contributed by atoms with Gasteiger partial charge in [0.1, 0.15) is 5.92 Å². The van der Waals surface area contributed by atoms with Gasteiger partial charge in [0.15, 0.2) is 5.13 Å². The van der Waals surface area contributed by atoms with Crippen LogP contribution in [0.4, 0.5) is 5.13 Å². The molecule has 1 fully saturated rings. The van der Waals surface area contributed by atoms with E-state index in [-0.39, 0.29) is 11.9 Å². The minimum atomic E-state index is -0.151. The highest BCUT2D eigenvalue weighted by Gasteiger charge is 2.40. The maximum Gasteiger partial charge on any atom is 0.315 e. The Bertz CT molecular complexity index is 522. The van der Waals surface area contributed by atoms with Crippen molar-refractivity contribution in [2.45, 2.75) is 58.3 Å². The molecule has 0 spiro atoms. The number of carbonyl (C=O) groups is 1. The Balaban J connectivity index is 1.70. The van der Waals surface area contributed by atoms with Crippen molar-refractivity contribution in [1.29, 1.82) is 0 Å². The first-order valence-electron chi connectivity index (χ1n) is 8.07. The van der Waals surface area contributed by atoms with Crippen LogP contribution in [0.5, 0.6) is 0 Å². The number of aryl methyl sites for hydroxylation is 1. The van der Waals surface area contributed by atoms with Gasteiger partial charge in [0.25, 0.3) is 0 Å². The fourth-order valence-electron chi connectivity index (χ4n) is 3.06. The molecule has 1 heterocycles. The predicted molar refractivity (Wildman–Crippen MR) is 84.9 cm³/mol. The maximum atomic E-state index is 12.1. The Labute approximate surface area is 130 Å². The van der Waals surface area contributed by atoms with E-state index >= 15 is 0 Å². The molecule has 1 aromatic rings. The number of ether oxygens (including phenoxy) is 1. The monoisotopic (exact) mass is 308 g/mol. The number of carbonyl (C=O) groups excluding carboxylic acids is 1. The summed E-state index contributed by atoms with van der Waals surface area (Å²) in [7, 11) is 0. The molecule has 116 valence electrons. The summed E-state index contributed by atoms with van der Waals surface area (Å²) in [6.45, 7) is 5.58. The Kier molecular flexibility index (Phi) is 4.20. The molecule has 2 aliphatic rings. The molecule has 0 radical (unpaired) electrons. The standard InChI is InChI=1S/C16H24N2O2S/c1-3-16(8-9-16)10-17-15-18-13-11(14(19)20-4-2)6-5-7-12(13)21-15/h11H,3-10H2,1-2H3,(H,17,18). The van der Waals surface area contributed by atoms with Gasteiger partial charge in [-0.05, 0) is 50.9 Å². The number of anilines is 1. The van der Waals surface area contributed by atoms with E-state index in [0.717, 1.165) is 36.6 Å². The molecule has 0 aromatic carbocycles. The largest absolute Gasteiger partial charge is 0.465 e. The number of rotatable bonds is 6. The third kappa shape index (κ3) is 3.07. The van der Waals surface area contributed by atoms with Gasteiger partial charge in [-0.3, -0.25) is 4.79 Å². The normalized spacial score (nSPS) is 22.5. The zero-order chi connectivity index (χ0) is 14.9. The van der Waals surface area contributed by atoms with Crippen molar-refractivity contribution in [3.05, 3.63) is 10.6 Å². The lowest BCUT2D eigenvalue weighted by atomic mass is 9.91. The third-order valence-corrected chi connectivity index (χ3v) is 5.94. The van der Waals surface area contributed by atoms with Gasteiger partial charge in [0, 0.05) is 11.4 Å². The molecular formula is C16H24N2O2S. The van der Waals surface area contributed by atoms with Crippen LogP contribution in [0.25, 0.3) is 0 Å². The van der Waals surface area contributed by atoms with E-state index in [9.17, 15) is 4.79 Å². The maximum absolute atomic E-state index is 12.1. The van der Waals surface area contributed by atoms with Gasteiger partial charge in [0.05, 0.1) is 12.3 Å². The molecular weight excluding hydrogens is 284 g/mol. The zero-order valence-electron chi connectivity index (χ0n) is 12.9. The lowest BCUT2D eigenvalue weighted by molar-refractivity contribution is -0.145. The summed E-state index contributed by atoms with van der Waals surface area (Å²) in [6, 6.07) is 0. The van der Waals surface area contributed by atoms with Crippen molar-refractivity contribution in [3.8, 4) is 0 Å². The average molecular weight is 308 g/mol. The van der Waals surface area contributed by atoms with Gasteiger partial charge in [0.2, 0.25) is 0 Å². The van der Waals surface area contributed by atoms with E-state index in [1.165, 1.54) is 24.1 Å². The van der Waals surface area contributed by atoms with Crippen LogP contribution in [-0.4, -0.2) is 24.1 Å². The number of nitrogens with zero attached hydrogens (tertiary/aromatic N) is 1. The molecule has 2 aliphatic carbocycles. The van der Waals surface area contributed by atoms with Crippen LogP contribution in [0.3, 0.4) is 0 Å². The molecule has 1 N–H and O–H groups in total. The molecule has 4 nitrogen and oxygen atoms in total. The second-order valence-electron chi connectivity index (χ2n) is 6.23. The molecule has 5 heteroatoms. The minimum absolute atomic E-state index is 0.109. The summed E-state index contributed by atoms with van der Waals surface area (Å²) in [6.07, 6.45) is 6.85. The highest BCUT2D eigenvalue weighted by atomic mass is 32.1. The van der Waals surface area contributed by atoms with Gasteiger partial charge in [-0.1, -0.05) is 6.92 Å². The van der Waals surface area contributed by atoms with E-state index in [4.69, 9.17) is 9.72 Å². The van der Waals surface area contributed by atoms with Crippen molar-refractivity contribution in [1.82, 2.24) is 4.98 Å². The van der Waals surface area contributed by atoms with Crippen LogP contribution in [-0.2, 0) is 16.0 Å². The molecule has 1 atom stereocenters. The Morgan fingerprint density at radius 2 is 2.29 bits per heavy atom. The van der Waals surface area contributed by atoms with E-state index in [1.807, 2.05) is 6.92 Å². The summed E-state index contributed by atoms with van der Waals surface area (Å²) in [5, 5.41) is 4.48. The molecule has 3 rings (SSSR count). The molecule has 1 aromatic heterocycles. The van der Waals surface area contributed by atoms with Gasteiger partial charge in [-0.25, -0.2) is 4.98 Å². The van der Waals surface area contributed by atoms with E-state index in [0.29, 0.717) is 12.0 Å². The predicted octanol–water partition coefficient (Wildman–Crippen LogP) is 3.73. The zero-order valence-corrected chi connectivity index (χ0v) is 13.7. The van der Waals surface area contributed by atoms with Crippen molar-refractivity contribution in [2.75, 3.05) is 18.5 Å². The van der Waals surface area contributed by atoms with Crippen LogP contribution in [0, 0.1) is 5.41 Å². The number of thiazole rings is 1. The van der Waals surface area contributed by atoms with Crippen LogP contribution in [0.1, 0.15) is 62.4 Å². The van der Waals surface area contributed by atoms with E-state index < -0.39 is 0 Å². The quantitative estimate of drug-likeness (QED) is 0.814. The van der Waals surface area contributed by atoms with Crippen molar-refractivity contribution < 1.29 is 9.53 Å². The molecule has 21 heavy (non-hydrogen) atoms. The number of fused-ring (bicyclic) bond motifs is 1. The number of esters is 1. The van der Waals surface area contributed by atoms with Gasteiger partial charge < -0.3 is 10.1 Å². The summed E-state index contributed by atoms with van der Waals surface area (Å²) in [4.78, 5) is 18.0. The number of hydrogen-bond donors (Lipinski definition) is 1. The SMILES string of the molecule is CCOC(=O)C1CCCc2sc(NCC3(CC)CC3)nc21. The number of hydrogen-bond acceptors (Lipinski definition) is 5. The number of aromatic nitrogens is 1. The lowest BCUT2D eigenvalue weighted by Gasteiger charge is -2.19. The highest BCUT2D eigenvalue weighted by molar-refractivity contribution is 7.15. The van der Waals surface area contributed by atoms with Gasteiger partial charge in [-0.2, -0.15) is 0 Å². The minimum Gasteiger partial charge on any atom is -0.465 e. The average Bonchev–Trinajstić information content (AvgIpc) is 3.16. The second kappa shape index (κ2) is 5.95. The van der Waals surface area contributed by atoms with Crippen molar-refractivity contribution >= 4 is 22.4 Å². The summed E-state index contributed by atoms with van der Waals surface area (Å²) in [5.41, 5.74) is 1.47. The molecule has 0 aliphatic heterocycles. The van der Waals surface area contributed by atoms with E-state index in [1.54, 1.807) is 11.3 Å². The first-order valence-corrected chi connectivity index (χ1v) is 8.89. The molecule has 0 saturated heterocycles. The molecule has 1 saturated carbocycles. The van der Waals surface area contributed by atoms with Crippen LogP contribution in [0.2, 0.25) is 0 Å². The molecule has 0 bridgehead atoms. The fraction of sp³-hybridized carbons (Fsp3) is 0.750. The molecule has 0 amide bonds. The van der Waals surface area contributed by atoms with Crippen LogP contribution >= 0.6 is 11.3 Å². The second-order valence-corrected chi connectivity index (χ2v) is 7.32. The van der Waals surface area contributed by atoms with Gasteiger partial charge >= 0.3 is 5.97 Å². The van der Waals surface area contributed by atoms with Gasteiger partial charge in [-0.15, -0.1) is 11.3 Å². The van der Waals surface area contributed by atoms with Crippen LogP contribution < -0.4 is 5.32 Å². The summed E-state index contributed by atoms with van der Waals surface area (Å²) in [5.74, 6) is -0.260. The lowest BCUT2D eigenvalue weighted by Crippen LogP contribution is -2.20. The Morgan fingerprint density at radius 3 is 2.95 bits per heavy atom. The Morgan fingerprint density at radius 1 is 1.48 bits per heavy atom. The van der Waals surface area contributed by atoms with Crippen molar-refractivity contribution in [3.63, 3.8) is 0 Å². The summed E-state index contributed by atoms with van der Waals surface area (Å²) >= 11 is 1.72.